The Labute approximate surface area is 210 Å². The zero-order valence-corrected chi connectivity index (χ0v) is 21.0. The van der Waals surface area contributed by atoms with Crippen LogP contribution < -0.4 is 10.1 Å². The van der Waals surface area contributed by atoms with Gasteiger partial charge in [0.05, 0.1) is 29.1 Å². The van der Waals surface area contributed by atoms with Gasteiger partial charge < -0.3 is 24.3 Å². The number of carbonyl (C=O) groups is 2. The number of furan rings is 1. The first-order chi connectivity index (χ1) is 16.6. The molecule has 0 aliphatic rings. The van der Waals surface area contributed by atoms with E-state index < -0.39 is 12.1 Å². The van der Waals surface area contributed by atoms with Crippen molar-refractivity contribution in [1.29, 1.82) is 0 Å². The van der Waals surface area contributed by atoms with Gasteiger partial charge in [-0.2, -0.15) is 0 Å². The van der Waals surface area contributed by atoms with Gasteiger partial charge in [-0.3, -0.25) is 4.79 Å². The fourth-order valence-electron chi connectivity index (χ4n) is 3.62. The van der Waals surface area contributed by atoms with Crippen molar-refractivity contribution in [3.8, 4) is 17.1 Å². The van der Waals surface area contributed by atoms with Crippen LogP contribution in [0, 0.1) is 0 Å². The lowest BCUT2D eigenvalue weighted by atomic mass is 9.98. The maximum Gasteiger partial charge on any atom is 0.333 e. The second kappa shape index (κ2) is 11.9. The van der Waals surface area contributed by atoms with Gasteiger partial charge in [0.15, 0.2) is 6.10 Å². The highest BCUT2D eigenvalue weighted by Crippen LogP contribution is 2.27. The Hall–Kier alpha value is -3.29. The second-order valence-electron chi connectivity index (χ2n) is 8.68. The predicted molar refractivity (Wildman–Crippen MR) is 134 cm³/mol. The van der Waals surface area contributed by atoms with Crippen LogP contribution in [0.5, 0.6) is 5.75 Å². The monoisotopic (exact) mass is 499 g/mol. The normalized spacial score (nSPS) is 12.1. The molecule has 0 saturated heterocycles. The van der Waals surface area contributed by atoms with Crippen molar-refractivity contribution in [2.45, 2.75) is 59.0 Å². The third-order valence-corrected chi connectivity index (χ3v) is 5.40. The highest BCUT2D eigenvalue weighted by Gasteiger charge is 2.21. The lowest BCUT2D eigenvalue weighted by Crippen LogP contribution is -2.29. The first-order valence-corrected chi connectivity index (χ1v) is 11.8. The standard InChI is InChI=1S/C27H30ClNO6/c1-16(2)34-20-8-10-22(23(28)14-20)26(30)29-15-19-12-18(13-25(27(31)32)35-17(3)4)7-9-21(19)24-6-5-11-33-24/h5-12,14,16-17,25H,13,15H2,1-4H3,(H,29,30)(H,31,32). The van der Waals surface area contributed by atoms with Gasteiger partial charge >= 0.3 is 5.97 Å². The molecule has 1 amide bonds. The predicted octanol–water partition coefficient (Wildman–Crippen LogP) is 5.74. The first-order valence-electron chi connectivity index (χ1n) is 11.4. The van der Waals surface area contributed by atoms with Crippen LogP contribution in [-0.4, -0.2) is 35.3 Å². The van der Waals surface area contributed by atoms with E-state index in [2.05, 4.69) is 5.32 Å². The SMILES string of the molecule is CC(C)Oc1ccc(C(=O)NCc2cc(CC(OC(C)C)C(=O)O)ccc2-c2ccco2)c(Cl)c1. The molecule has 0 radical (unpaired) electrons. The number of hydrogen-bond acceptors (Lipinski definition) is 5. The summed E-state index contributed by atoms with van der Waals surface area (Å²) in [4.78, 5) is 24.5. The van der Waals surface area contributed by atoms with Gasteiger partial charge in [-0.1, -0.05) is 29.8 Å². The molecule has 186 valence electrons. The van der Waals surface area contributed by atoms with Gasteiger partial charge in [0.1, 0.15) is 11.5 Å². The minimum Gasteiger partial charge on any atom is -0.491 e. The lowest BCUT2D eigenvalue weighted by Gasteiger charge is -2.18. The molecule has 35 heavy (non-hydrogen) atoms. The first kappa shape index (κ1) is 26.3. The Balaban J connectivity index is 1.82. The van der Waals surface area contributed by atoms with Crippen LogP contribution in [0.15, 0.2) is 59.2 Å². The molecule has 0 aliphatic heterocycles. The van der Waals surface area contributed by atoms with Crippen molar-refractivity contribution in [2.75, 3.05) is 0 Å². The number of halogens is 1. The number of carboxylic acids is 1. The van der Waals surface area contributed by atoms with Crippen LogP contribution in [0.1, 0.15) is 49.2 Å². The van der Waals surface area contributed by atoms with E-state index in [0.717, 1.165) is 16.7 Å². The number of ether oxygens (including phenoxy) is 2. The van der Waals surface area contributed by atoms with E-state index in [1.165, 1.54) is 0 Å². The summed E-state index contributed by atoms with van der Waals surface area (Å²) in [6, 6.07) is 14.1. The maximum absolute atomic E-state index is 12.9. The van der Waals surface area contributed by atoms with Crippen molar-refractivity contribution in [3.63, 3.8) is 0 Å². The average Bonchev–Trinajstić information content (AvgIpc) is 3.31. The lowest BCUT2D eigenvalue weighted by molar-refractivity contribution is -0.153. The molecule has 0 spiro atoms. The van der Waals surface area contributed by atoms with Gasteiger partial charge in [0.25, 0.3) is 5.91 Å². The third-order valence-electron chi connectivity index (χ3n) is 5.09. The van der Waals surface area contributed by atoms with Crippen LogP contribution in [0.25, 0.3) is 11.3 Å². The molecule has 3 aromatic rings. The van der Waals surface area contributed by atoms with Crippen molar-refractivity contribution < 1.29 is 28.6 Å². The molecule has 0 fully saturated rings. The second-order valence-corrected chi connectivity index (χ2v) is 9.08. The number of benzene rings is 2. The van der Waals surface area contributed by atoms with Gasteiger partial charge in [-0.05, 0) is 69.2 Å². The number of rotatable bonds is 11. The quantitative estimate of drug-likeness (QED) is 0.349. The Morgan fingerprint density at radius 1 is 1.06 bits per heavy atom. The number of carboxylic acid groups (broad SMARTS) is 1. The fraction of sp³-hybridized carbons (Fsp3) is 0.333. The van der Waals surface area contributed by atoms with E-state index in [1.54, 1.807) is 44.4 Å². The summed E-state index contributed by atoms with van der Waals surface area (Å²) < 4.78 is 16.7. The topological polar surface area (TPSA) is 98.0 Å². The number of amides is 1. The zero-order valence-electron chi connectivity index (χ0n) is 20.2. The van der Waals surface area contributed by atoms with Gasteiger partial charge in [-0.25, -0.2) is 4.79 Å². The minimum atomic E-state index is -1.02. The van der Waals surface area contributed by atoms with Crippen LogP contribution in [0.4, 0.5) is 0 Å². The zero-order chi connectivity index (χ0) is 25.5. The summed E-state index contributed by atoms with van der Waals surface area (Å²) in [7, 11) is 0. The Morgan fingerprint density at radius 3 is 2.43 bits per heavy atom. The molecule has 2 N–H and O–H groups in total. The van der Waals surface area contributed by atoms with Gasteiger partial charge in [0.2, 0.25) is 0 Å². The van der Waals surface area contributed by atoms with E-state index in [9.17, 15) is 14.7 Å². The molecule has 7 nitrogen and oxygen atoms in total. The number of carbonyl (C=O) groups excluding carboxylic acids is 1. The summed E-state index contributed by atoms with van der Waals surface area (Å²) in [6.07, 6.45) is 0.556. The summed E-state index contributed by atoms with van der Waals surface area (Å²) >= 11 is 6.33. The third kappa shape index (κ3) is 7.34. The van der Waals surface area contributed by atoms with Crippen LogP contribution in [-0.2, 0) is 22.5 Å². The number of nitrogens with one attached hydrogen (secondary N) is 1. The average molecular weight is 500 g/mol. The largest absolute Gasteiger partial charge is 0.491 e. The van der Waals surface area contributed by atoms with Crippen molar-refractivity contribution >= 4 is 23.5 Å². The Kier molecular flexibility index (Phi) is 8.95. The molecular weight excluding hydrogens is 470 g/mol. The summed E-state index contributed by atoms with van der Waals surface area (Å²) in [5, 5.41) is 12.7. The smallest absolute Gasteiger partial charge is 0.333 e. The number of aliphatic carboxylic acids is 1. The van der Waals surface area contributed by atoms with Crippen LogP contribution in [0.3, 0.4) is 0 Å². The summed E-state index contributed by atoms with van der Waals surface area (Å²) in [6.45, 7) is 7.60. The van der Waals surface area contributed by atoms with E-state index >= 15 is 0 Å². The Bertz CT molecular complexity index is 1160. The molecule has 1 heterocycles. The highest BCUT2D eigenvalue weighted by molar-refractivity contribution is 6.34. The summed E-state index contributed by atoms with van der Waals surface area (Å²) in [5.41, 5.74) is 2.67. The van der Waals surface area contributed by atoms with Crippen molar-refractivity contribution in [3.05, 3.63) is 76.5 Å². The molecule has 3 rings (SSSR count). The summed E-state index contributed by atoms with van der Waals surface area (Å²) in [5.74, 6) is -0.134. The molecule has 0 bridgehead atoms. The number of hydrogen-bond donors (Lipinski definition) is 2. The molecule has 0 saturated carbocycles. The fourth-order valence-corrected chi connectivity index (χ4v) is 3.88. The van der Waals surface area contributed by atoms with E-state index in [0.29, 0.717) is 17.1 Å². The van der Waals surface area contributed by atoms with Gasteiger partial charge in [0, 0.05) is 18.5 Å². The molecule has 1 aromatic heterocycles. The van der Waals surface area contributed by atoms with Gasteiger partial charge in [-0.15, -0.1) is 0 Å². The Morgan fingerprint density at radius 2 is 1.83 bits per heavy atom. The molecule has 1 unspecified atom stereocenters. The van der Waals surface area contributed by atoms with Crippen molar-refractivity contribution in [2.24, 2.45) is 0 Å². The molecule has 8 heteroatoms. The molecule has 1 atom stereocenters. The highest BCUT2D eigenvalue weighted by atomic mass is 35.5. The van der Waals surface area contributed by atoms with Crippen molar-refractivity contribution in [1.82, 2.24) is 5.32 Å². The van der Waals surface area contributed by atoms with E-state index in [1.807, 2.05) is 38.1 Å². The molecular formula is C27H30ClNO6. The van der Waals surface area contributed by atoms with Crippen LogP contribution >= 0.6 is 11.6 Å². The minimum absolute atomic E-state index is 0.00953. The molecule has 2 aromatic carbocycles. The van der Waals surface area contributed by atoms with E-state index in [-0.39, 0.29) is 36.1 Å². The molecule has 0 aliphatic carbocycles. The maximum atomic E-state index is 12.9. The van der Waals surface area contributed by atoms with E-state index in [4.69, 9.17) is 25.5 Å². The van der Waals surface area contributed by atoms with Crippen LogP contribution in [0.2, 0.25) is 5.02 Å².